The van der Waals surface area contributed by atoms with E-state index in [0.717, 1.165) is 16.9 Å². The minimum Gasteiger partial charge on any atom is -0.345 e. The molecule has 31 heavy (non-hydrogen) atoms. The molecule has 2 aromatic heterocycles. The summed E-state index contributed by atoms with van der Waals surface area (Å²) in [6.07, 6.45) is 0.285. The van der Waals surface area contributed by atoms with Crippen LogP contribution in [0.2, 0.25) is 0 Å². The smallest absolute Gasteiger partial charge is 0.251 e. The number of aromatic amines is 1. The van der Waals surface area contributed by atoms with Crippen LogP contribution in [0, 0.1) is 19.7 Å². The van der Waals surface area contributed by atoms with E-state index >= 15 is 0 Å². The Morgan fingerprint density at radius 2 is 1.87 bits per heavy atom. The second-order valence-electron chi connectivity index (χ2n) is 7.53. The molecule has 4 rings (SSSR count). The zero-order chi connectivity index (χ0) is 22.1. The number of benzene rings is 2. The Kier molecular flexibility index (Phi) is 5.37. The van der Waals surface area contributed by atoms with E-state index in [9.17, 15) is 14.0 Å². The van der Waals surface area contributed by atoms with Crippen molar-refractivity contribution in [2.45, 2.75) is 26.3 Å². The van der Waals surface area contributed by atoms with Crippen molar-refractivity contribution in [3.63, 3.8) is 0 Å². The van der Waals surface area contributed by atoms with E-state index in [1.165, 1.54) is 18.2 Å². The summed E-state index contributed by atoms with van der Waals surface area (Å²) in [5, 5.41) is 2.99. The van der Waals surface area contributed by atoms with E-state index in [2.05, 4.69) is 20.3 Å². The Bertz CT molecular complexity index is 1320. The number of amides is 1. The molecule has 1 atom stereocenters. The molecule has 0 saturated heterocycles. The molecule has 0 radical (unpaired) electrons. The first-order valence-electron chi connectivity index (χ1n) is 9.86. The number of aryl methyl sites for hydroxylation is 3. The zero-order valence-corrected chi connectivity index (χ0v) is 17.4. The number of aromatic nitrogens is 4. The molecule has 0 aliphatic rings. The molecule has 0 spiro atoms. The summed E-state index contributed by atoms with van der Waals surface area (Å²) in [7, 11) is 1.92. The largest absolute Gasteiger partial charge is 0.345 e. The molecule has 0 unspecified atom stereocenters. The normalized spacial score (nSPS) is 12.1. The molecule has 0 aliphatic heterocycles. The monoisotopic (exact) mass is 419 g/mol. The van der Waals surface area contributed by atoms with Crippen LogP contribution >= 0.6 is 0 Å². The first kappa shape index (κ1) is 20.5. The molecular weight excluding hydrogens is 397 g/mol. The van der Waals surface area contributed by atoms with E-state index in [1.54, 1.807) is 31.2 Å². The molecule has 7 nitrogen and oxygen atoms in total. The van der Waals surface area contributed by atoms with Crippen molar-refractivity contribution < 1.29 is 9.18 Å². The van der Waals surface area contributed by atoms with Crippen molar-refractivity contribution in [3.05, 3.63) is 93.2 Å². The number of carbonyl (C=O) groups excluding carboxylic acids is 1. The van der Waals surface area contributed by atoms with Gasteiger partial charge in [0.05, 0.1) is 22.8 Å². The highest BCUT2D eigenvalue weighted by atomic mass is 19.1. The lowest BCUT2D eigenvalue weighted by Gasteiger charge is -2.19. The van der Waals surface area contributed by atoms with Crippen LogP contribution in [0.1, 0.15) is 39.3 Å². The van der Waals surface area contributed by atoms with Gasteiger partial charge in [0.25, 0.3) is 11.5 Å². The van der Waals surface area contributed by atoms with Crippen molar-refractivity contribution in [2.24, 2.45) is 7.05 Å². The molecule has 2 aromatic carbocycles. The SMILES string of the molecule is Cc1nc(C[C@@H](NC(=O)c2ccc3c(c2)nc(C)n3C)c2ccc(F)cc2)cc(=O)[nH]1. The van der Waals surface area contributed by atoms with Crippen LogP contribution in [0.15, 0.2) is 53.3 Å². The lowest BCUT2D eigenvalue weighted by atomic mass is 10.0. The number of carbonyl (C=O) groups is 1. The number of fused-ring (bicyclic) bond motifs is 1. The van der Waals surface area contributed by atoms with E-state index in [4.69, 9.17) is 0 Å². The van der Waals surface area contributed by atoms with Crippen LogP contribution < -0.4 is 10.9 Å². The molecule has 2 N–H and O–H groups in total. The molecule has 0 saturated carbocycles. The lowest BCUT2D eigenvalue weighted by molar-refractivity contribution is 0.0936. The second kappa shape index (κ2) is 8.14. The molecule has 158 valence electrons. The third-order valence-electron chi connectivity index (χ3n) is 5.27. The third-order valence-corrected chi connectivity index (χ3v) is 5.27. The van der Waals surface area contributed by atoms with Gasteiger partial charge in [-0.05, 0) is 49.7 Å². The van der Waals surface area contributed by atoms with Gasteiger partial charge in [-0.3, -0.25) is 9.59 Å². The summed E-state index contributed by atoms with van der Waals surface area (Å²) in [4.78, 5) is 36.3. The number of H-pyrrole nitrogens is 1. The minimum atomic E-state index is -0.497. The molecule has 4 aromatic rings. The fourth-order valence-electron chi connectivity index (χ4n) is 3.61. The summed E-state index contributed by atoms with van der Waals surface area (Å²) < 4.78 is 15.4. The van der Waals surface area contributed by atoms with Crippen molar-refractivity contribution in [2.75, 3.05) is 0 Å². The number of nitrogens with one attached hydrogen (secondary N) is 2. The highest BCUT2D eigenvalue weighted by Crippen LogP contribution is 2.21. The fourth-order valence-corrected chi connectivity index (χ4v) is 3.61. The van der Waals surface area contributed by atoms with Crippen LogP contribution in [-0.2, 0) is 13.5 Å². The quantitative estimate of drug-likeness (QED) is 0.520. The van der Waals surface area contributed by atoms with E-state index in [1.807, 2.05) is 24.6 Å². The van der Waals surface area contributed by atoms with E-state index in [-0.39, 0.29) is 23.7 Å². The van der Waals surface area contributed by atoms with Gasteiger partial charge in [0.2, 0.25) is 0 Å². The van der Waals surface area contributed by atoms with Crippen LogP contribution in [0.4, 0.5) is 4.39 Å². The third kappa shape index (κ3) is 4.37. The molecule has 1 amide bonds. The number of nitrogens with zero attached hydrogens (tertiary/aromatic N) is 3. The average molecular weight is 419 g/mol. The Morgan fingerprint density at radius 1 is 1.13 bits per heavy atom. The van der Waals surface area contributed by atoms with Crippen molar-refractivity contribution in [3.8, 4) is 0 Å². The number of hydrogen-bond acceptors (Lipinski definition) is 4. The van der Waals surface area contributed by atoms with Gasteiger partial charge >= 0.3 is 0 Å². The summed E-state index contributed by atoms with van der Waals surface area (Å²) in [6, 6.07) is 12.2. The van der Waals surface area contributed by atoms with Gasteiger partial charge in [-0.25, -0.2) is 14.4 Å². The van der Waals surface area contributed by atoms with Gasteiger partial charge in [-0.15, -0.1) is 0 Å². The van der Waals surface area contributed by atoms with Crippen LogP contribution in [0.25, 0.3) is 11.0 Å². The maximum Gasteiger partial charge on any atom is 0.251 e. The Balaban J connectivity index is 1.65. The summed E-state index contributed by atoms with van der Waals surface area (Å²) >= 11 is 0. The lowest BCUT2D eigenvalue weighted by Crippen LogP contribution is -2.30. The first-order chi connectivity index (χ1) is 14.8. The van der Waals surface area contributed by atoms with Gasteiger partial charge in [0.1, 0.15) is 17.5 Å². The van der Waals surface area contributed by atoms with Crippen molar-refractivity contribution in [1.82, 2.24) is 24.8 Å². The number of rotatable bonds is 5. The van der Waals surface area contributed by atoms with Crippen LogP contribution in [0.5, 0.6) is 0 Å². The van der Waals surface area contributed by atoms with Crippen molar-refractivity contribution >= 4 is 16.9 Å². The molecule has 8 heteroatoms. The number of halogens is 1. The minimum absolute atomic E-state index is 0.261. The molecule has 0 fully saturated rings. The first-order valence-corrected chi connectivity index (χ1v) is 9.86. The maximum absolute atomic E-state index is 13.4. The maximum atomic E-state index is 13.4. The average Bonchev–Trinajstić information content (AvgIpc) is 3.00. The van der Waals surface area contributed by atoms with Gasteiger partial charge < -0.3 is 14.9 Å². The van der Waals surface area contributed by atoms with E-state index in [0.29, 0.717) is 22.6 Å². The number of hydrogen-bond donors (Lipinski definition) is 2. The highest BCUT2D eigenvalue weighted by Gasteiger charge is 2.19. The van der Waals surface area contributed by atoms with Crippen LogP contribution in [0.3, 0.4) is 0 Å². The topological polar surface area (TPSA) is 92.7 Å². The fraction of sp³-hybridized carbons (Fsp3) is 0.217. The predicted octanol–water partition coefficient (Wildman–Crippen LogP) is 3.13. The molecule has 0 bridgehead atoms. The molecular formula is C23H22FN5O2. The molecule has 0 aliphatic carbocycles. The Hall–Kier alpha value is -3.81. The second-order valence-corrected chi connectivity index (χ2v) is 7.53. The Labute approximate surface area is 178 Å². The van der Waals surface area contributed by atoms with Gasteiger partial charge in [-0.1, -0.05) is 12.1 Å². The van der Waals surface area contributed by atoms with Gasteiger partial charge in [0, 0.05) is 25.1 Å². The Morgan fingerprint density at radius 3 is 2.58 bits per heavy atom. The summed E-state index contributed by atoms with van der Waals surface area (Å²) in [5.41, 5.74) is 3.12. The zero-order valence-electron chi connectivity index (χ0n) is 17.4. The molecule has 2 heterocycles. The van der Waals surface area contributed by atoms with Gasteiger partial charge in [0.15, 0.2) is 0 Å². The standard InChI is InChI=1S/C23H22FN5O2/c1-13-25-18(12-22(30)26-13)11-19(15-4-7-17(24)8-5-15)28-23(31)16-6-9-21-20(10-16)27-14(2)29(21)3/h4-10,12,19H,11H2,1-3H3,(H,28,31)(H,25,26,30)/t19-/m1/s1. The summed E-state index contributed by atoms with van der Waals surface area (Å²) in [6.45, 7) is 3.60. The van der Waals surface area contributed by atoms with Crippen LogP contribution in [-0.4, -0.2) is 25.4 Å². The predicted molar refractivity (Wildman–Crippen MR) is 115 cm³/mol. The number of imidazole rings is 1. The van der Waals surface area contributed by atoms with Crippen molar-refractivity contribution in [1.29, 1.82) is 0 Å². The van der Waals surface area contributed by atoms with E-state index < -0.39 is 6.04 Å². The van der Waals surface area contributed by atoms with Gasteiger partial charge in [-0.2, -0.15) is 0 Å². The highest BCUT2D eigenvalue weighted by molar-refractivity contribution is 5.97. The summed E-state index contributed by atoms with van der Waals surface area (Å²) in [5.74, 6) is 0.686.